The van der Waals surface area contributed by atoms with Gasteiger partial charge in [0.25, 0.3) is 0 Å². The molecule has 0 aromatic heterocycles. The van der Waals surface area contributed by atoms with Crippen LogP contribution in [-0.4, -0.2) is 21.2 Å². The van der Waals surface area contributed by atoms with Crippen LogP contribution in [0, 0.1) is 5.82 Å². The molecule has 1 aliphatic heterocycles. The second-order valence-corrected chi connectivity index (χ2v) is 5.68. The molecule has 0 fully saturated rings. The standard InChI is InChI=1S/C19H10FNO5/c20-12-6-14-18(8-16(12)23)26-17-7-15(22)11(5-13(17)21-14)9-1-3-10(4-2-9)19(24)25/h1-8,23H,(H,24,25). The zero-order chi connectivity index (χ0) is 18.4. The van der Waals surface area contributed by atoms with Crippen molar-refractivity contribution in [1.82, 2.24) is 4.98 Å². The lowest BCUT2D eigenvalue weighted by Gasteiger charge is -2.09. The summed E-state index contributed by atoms with van der Waals surface area (Å²) in [5, 5.41) is 18.4. The van der Waals surface area contributed by atoms with E-state index in [0.29, 0.717) is 16.8 Å². The number of aromatic hydroxyl groups is 1. The van der Waals surface area contributed by atoms with E-state index in [1.165, 1.54) is 36.4 Å². The molecule has 0 spiro atoms. The zero-order valence-corrected chi connectivity index (χ0v) is 13.1. The molecule has 0 saturated heterocycles. The van der Waals surface area contributed by atoms with E-state index in [0.717, 1.165) is 12.1 Å². The van der Waals surface area contributed by atoms with Crippen molar-refractivity contribution in [2.24, 2.45) is 0 Å². The van der Waals surface area contributed by atoms with Crippen LogP contribution in [0.2, 0.25) is 0 Å². The number of aromatic carboxylic acids is 1. The van der Waals surface area contributed by atoms with Crippen molar-refractivity contribution in [3.63, 3.8) is 0 Å². The highest BCUT2D eigenvalue weighted by Crippen LogP contribution is 2.30. The van der Waals surface area contributed by atoms with Crippen molar-refractivity contribution in [3.8, 4) is 28.3 Å². The monoisotopic (exact) mass is 351 g/mol. The van der Waals surface area contributed by atoms with Gasteiger partial charge in [-0.3, -0.25) is 4.79 Å². The lowest BCUT2D eigenvalue weighted by molar-refractivity contribution is 0.0697. The first kappa shape index (κ1) is 15.8. The van der Waals surface area contributed by atoms with Gasteiger partial charge in [-0.25, -0.2) is 14.2 Å². The third kappa shape index (κ3) is 2.55. The number of rotatable bonds is 2. The molecule has 4 rings (SSSR count). The number of nitrogens with zero attached hydrogens (tertiary/aromatic N) is 1. The number of phenolic OH excluding ortho intramolecular Hbond substituents is 1. The summed E-state index contributed by atoms with van der Waals surface area (Å²) in [5.74, 6) is -2.27. The first-order valence-corrected chi connectivity index (χ1v) is 7.53. The van der Waals surface area contributed by atoms with Gasteiger partial charge in [0.15, 0.2) is 28.3 Å². The van der Waals surface area contributed by atoms with Gasteiger partial charge in [0.05, 0.1) is 5.56 Å². The average Bonchev–Trinajstić information content (AvgIpc) is 2.61. The van der Waals surface area contributed by atoms with Crippen LogP contribution in [0.5, 0.6) is 5.75 Å². The van der Waals surface area contributed by atoms with Crippen LogP contribution < -0.4 is 5.43 Å². The van der Waals surface area contributed by atoms with Crippen molar-refractivity contribution < 1.29 is 23.8 Å². The Balaban J connectivity index is 1.91. The third-order valence-corrected chi connectivity index (χ3v) is 3.99. The summed E-state index contributed by atoms with van der Waals surface area (Å²) in [6, 6.07) is 10.8. The van der Waals surface area contributed by atoms with Crippen molar-refractivity contribution in [1.29, 1.82) is 0 Å². The Morgan fingerprint density at radius 1 is 1.08 bits per heavy atom. The Hall–Kier alpha value is -3.74. The number of hydrogen-bond acceptors (Lipinski definition) is 5. The summed E-state index contributed by atoms with van der Waals surface area (Å²) >= 11 is 0. The molecule has 0 saturated carbocycles. The second-order valence-electron chi connectivity index (χ2n) is 5.68. The SMILES string of the molecule is O=C(O)c1ccc(-c2cc3nc4cc(F)c(O)cc4oc-3cc2=O)cc1. The highest BCUT2D eigenvalue weighted by atomic mass is 19.1. The fourth-order valence-electron chi connectivity index (χ4n) is 2.69. The number of aromatic nitrogens is 1. The molecule has 7 heteroatoms. The first-order chi connectivity index (χ1) is 12.4. The van der Waals surface area contributed by atoms with Gasteiger partial charge in [-0.15, -0.1) is 0 Å². The van der Waals surface area contributed by atoms with E-state index in [4.69, 9.17) is 9.52 Å². The molecule has 2 aromatic carbocycles. The molecule has 26 heavy (non-hydrogen) atoms. The molecule has 6 nitrogen and oxygen atoms in total. The van der Waals surface area contributed by atoms with Gasteiger partial charge in [0.1, 0.15) is 11.2 Å². The molecule has 2 aromatic rings. The predicted molar refractivity (Wildman–Crippen MR) is 90.9 cm³/mol. The average molecular weight is 351 g/mol. The maximum absolute atomic E-state index is 13.5. The van der Waals surface area contributed by atoms with Crippen molar-refractivity contribution in [2.45, 2.75) is 0 Å². The molecule has 128 valence electrons. The van der Waals surface area contributed by atoms with Gasteiger partial charge < -0.3 is 14.6 Å². The Kier molecular flexibility index (Phi) is 3.43. The lowest BCUT2D eigenvalue weighted by Crippen LogP contribution is -2.06. The van der Waals surface area contributed by atoms with Crippen LogP contribution in [0.25, 0.3) is 33.7 Å². The molecule has 0 radical (unpaired) electrons. The predicted octanol–water partition coefficient (Wildman–Crippen LogP) is 3.50. The third-order valence-electron chi connectivity index (χ3n) is 3.99. The van der Waals surface area contributed by atoms with E-state index >= 15 is 0 Å². The van der Waals surface area contributed by atoms with Crippen LogP contribution in [0.15, 0.2) is 57.7 Å². The number of hydrogen-bond donors (Lipinski definition) is 2. The van der Waals surface area contributed by atoms with Gasteiger partial charge in [0, 0.05) is 23.8 Å². The summed E-state index contributed by atoms with van der Waals surface area (Å²) in [6.07, 6.45) is 0. The molecular weight excluding hydrogens is 341 g/mol. The number of benzene rings is 3. The maximum Gasteiger partial charge on any atom is 0.335 e. The van der Waals surface area contributed by atoms with Crippen molar-refractivity contribution >= 4 is 17.1 Å². The minimum absolute atomic E-state index is 0.108. The van der Waals surface area contributed by atoms with E-state index < -0.39 is 17.5 Å². The maximum atomic E-state index is 13.5. The summed E-state index contributed by atoms with van der Waals surface area (Å²) in [5.41, 5.74) is 1.29. The topological polar surface area (TPSA) is 101 Å². The number of halogens is 1. The van der Waals surface area contributed by atoms with E-state index in [2.05, 4.69) is 4.98 Å². The van der Waals surface area contributed by atoms with Crippen LogP contribution in [0.4, 0.5) is 4.39 Å². The zero-order valence-electron chi connectivity index (χ0n) is 13.1. The van der Waals surface area contributed by atoms with E-state index in [1.54, 1.807) is 0 Å². The Morgan fingerprint density at radius 2 is 1.81 bits per heavy atom. The quantitative estimate of drug-likeness (QED) is 0.536. The summed E-state index contributed by atoms with van der Waals surface area (Å²) in [4.78, 5) is 27.6. The van der Waals surface area contributed by atoms with Gasteiger partial charge in [-0.1, -0.05) is 12.1 Å². The number of fused-ring (bicyclic) bond motifs is 2. The summed E-state index contributed by atoms with van der Waals surface area (Å²) in [6.45, 7) is 0. The van der Waals surface area contributed by atoms with Gasteiger partial charge in [-0.05, 0) is 23.8 Å². The first-order valence-electron chi connectivity index (χ1n) is 7.53. The lowest BCUT2D eigenvalue weighted by atomic mass is 10.0. The fourth-order valence-corrected chi connectivity index (χ4v) is 2.69. The number of phenols is 1. The smallest absolute Gasteiger partial charge is 0.335 e. The summed E-state index contributed by atoms with van der Waals surface area (Å²) in [7, 11) is 0. The molecule has 2 aliphatic rings. The molecule has 1 aliphatic carbocycles. The van der Waals surface area contributed by atoms with Crippen LogP contribution in [0.3, 0.4) is 0 Å². The van der Waals surface area contributed by atoms with Gasteiger partial charge >= 0.3 is 5.97 Å². The fraction of sp³-hybridized carbons (Fsp3) is 0. The molecule has 0 atom stereocenters. The van der Waals surface area contributed by atoms with Crippen LogP contribution in [0.1, 0.15) is 10.4 Å². The van der Waals surface area contributed by atoms with Crippen molar-refractivity contribution in [3.05, 3.63) is 70.1 Å². The number of carbonyl (C=O) groups is 1. The Labute approximate surface area is 145 Å². The Morgan fingerprint density at radius 3 is 2.50 bits per heavy atom. The molecule has 0 unspecified atom stereocenters. The minimum atomic E-state index is -1.06. The van der Waals surface area contributed by atoms with Crippen LogP contribution >= 0.6 is 0 Å². The van der Waals surface area contributed by atoms with E-state index in [1.807, 2.05) is 0 Å². The van der Waals surface area contributed by atoms with Crippen LogP contribution in [-0.2, 0) is 0 Å². The molecule has 1 heterocycles. The second kappa shape index (κ2) is 5.66. The minimum Gasteiger partial charge on any atom is -0.505 e. The van der Waals surface area contributed by atoms with E-state index in [9.17, 15) is 19.1 Å². The highest BCUT2D eigenvalue weighted by molar-refractivity contribution is 5.88. The van der Waals surface area contributed by atoms with Crippen molar-refractivity contribution in [2.75, 3.05) is 0 Å². The largest absolute Gasteiger partial charge is 0.505 e. The van der Waals surface area contributed by atoms with Gasteiger partial charge in [-0.2, -0.15) is 0 Å². The normalized spacial score (nSPS) is 11.1. The molecule has 0 bridgehead atoms. The molecule has 2 N–H and O–H groups in total. The number of carboxylic acids is 1. The van der Waals surface area contributed by atoms with E-state index in [-0.39, 0.29) is 27.9 Å². The molecule has 0 amide bonds. The van der Waals surface area contributed by atoms with Gasteiger partial charge in [0.2, 0.25) is 0 Å². The summed E-state index contributed by atoms with van der Waals surface area (Å²) < 4.78 is 19.1. The highest BCUT2D eigenvalue weighted by Gasteiger charge is 2.16. The number of carboxylic acid groups (broad SMARTS) is 1. The molecular formula is C19H10FNO5. The Bertz CT molecular complexity index is 1200.